The third-order valence-electron chi connectivity index (χ3n) is 1.89. The van der Waals surface area contributed by atoms with Crippen molar-refractivity contribution in [2.24, 2.45) is 0 Å². The second kappa shape index (κ2) is 6.86. The van der Waals surface area contributed by atoms with Crippen LogP contribution in [0.5, 0.6) is 0 Å². The molecule has 0 saturated carbocycles. The Labute approximate surface area is 112 Å². The Balaban J connectivity index is 2.65. The molecule has 1 aromatic carbocycles. The molecule has 1 rings (SSSR count). The number of alkyl halides is 2. The van der Waals surface area contributed by atoms with Crippen LogP contribution in [0.3, 0.4) is 0 Å². The lowest BCUT2D eigenvalue weighted by atomic mass is 10.1. The summed E-state index contributed by atoms with van der Waals surface area (Å²) in [5.41, 5.74) is 2.10. The zero-order valence-corrected chi connectivity index (χ0v) is 12.0. The summed E-state index contributed by atoms with van der Waals surface area (Å²) in [6.45, 7) is 2.18. The third-order valence-corrected chi connectivity index (χ3v) is 2.94. The molecular weight excluding hydrogens is 336 g/mol. The zero-order chi connectivity index (χ0) is 12.0. The van der Waals surface area contributed by atoms with Crippen LogP contribution in [0.2, 0.25) is 0 Å². The quantitative estimate of drug-likeness (QED) is 0.466. The molecule has 2 nitrogen and oxygen atoms in total. The van der Waals surface area contributed by atoms with E-state index < -0.39 is 0 Å². The highest BCUT2D eigenvalue weighted by Crippen LogP contribution is 2.28. The van der Waals surface area contributed by atoms with E-state index in [0.717, 1.165) is 11.1 Å². The van der Waals surface area contributed by atoms with E-state index in [4.69, 9.17) is 4.74 Å². The van der Waals surface area contributed by atoms with E-state index >= 15 is 0 Å². The maximum atomic E-state index is 11.1. The molecule has 0 spiro atoms. The van der Waals surface area contributed by atoms with Crippen LogP contribution in [-0.4, -0.2) is 12.6 Å². The fourth-order valence-corrected chi connectivity index (χ4v) is 1.72. The summed E-state index contributed by atoms with van der Waals surface area (Å²) in [5, 5.41) is 0. The first-order valence-corrected chi connectivity index (χ1v) is 6.69. The molecule has 0 amide bonds. The van der Waals surface area contributed by atoms with Crippen molar-refractivity contribution >= 4 is 43.9 Å². The molecule has 0 radical (unpaired) electrons. The lowest BCUT2D eigenvalue weighted by molar-refractivity contribution is -0.137. The number of carbonyl (C=O) groups excluding carboxylic acids is 1. The number of halogens is 2. The van der Waals surface area contributed by atoms with Crippen molar-refractivity contribution in [2.75, 3.05) is 6.61 Å². The van der Waals surface area contributed by atoms with Crippen molar-refractivity contribution in [3.8, 4) is 0 Å². The van der Waals surface area contributed by atoms with Crippen molar-refractivity contribution in [1.29, 1.82) is 0 Å². The van der Waals surface area contributed by atoms with Gasteiger partial charge in [-0.15, -0.1) is 0 Å². The van der Waals surface area contributed by atoms with Gasteiger partial charge in [-0.05, 0) is 24.1 Å². The van der Waals surface area contributed by atoms with E-state index in [1.54, 1.807) is 13.0 Å². The minimum Gasteiger partial charge on any atom is -0.463 e. The lowest BCUT2D eigenvalue weighted by Crippen LogP contribution is -1.98. The number of esters is 1. The van der Waals surface area contributed by atoms with Crippen molar-refractivity contribution in [1.82, 2.24) is 0 Å². The summed E-state index contributed by atoms with van der Waals surface area (Å²) >= 11 is 6.83. The number of rotatable bonds is 4. The van der Waals surface area contributed by atoms with Gasteiger partial charge in [-0.25, -0.2) is 4.79 Å². The van der Waals surface area contributed by atoms with Crippen LogP contribution in [0.4, 0.5) is 0 Å². The van der Waals surface area contributed by atoms with E-state index in [9.17, 15) is 4.79 Å². The highest BCUT2D eigenvalue weighted by Gasteiger charge is 2.00. The Morgan fingerprint density at radius 2 is 2.00 bits per heavy atom. The number of benzene rings is 1. The van der Waals surface area contributed by atoms with Gasteiger partial charge in [0.05, 0.1) is 10.3 Å². The highest BCUT2D eigenvalue weighted by atomic mass is 79.9. The minimum absolute atomic E-state index is 0.156. The fraction of sp³-hybridized carbons (Fsp3) is 0.250. The molecule has 0 N–H and O–H groups in total. The van der Waals surface area contributed by atoms with Gasteiger partial charge in [-0.2, -0.15) is 0 Å². The molecule has 16 heavy (non-hydrogen) atoms. The van der Waals surface area contributed by atoms with Gasteiger partial charge in [0.1, 0.15) is 0 Å². The summed E-state index contributed by atoms with van der Waals surface area (Å²) in [4.78, 5) is 11.1. The Morgan fingerprint density at radius 1 is 1.38 bits per heavy atom. The van der Waals surface area contributed by atoms with Crippen molar-refractivity contribution in [3.63, 3.8) is 0 Å². The second-order valence-electron chi connectivity index (χ2n) is 3.05. The molecule has 0 aromatic heterocycles. The number of ether oxygens (including phenoxy) is 1. The topological polar surface area (TPSA) is 26.3 Å². The van der Waals surface area contributed by atoms with E-state index in [1.807, 2.05) is 24.3 Å². The van der Waals surface area contributed by atoms with Crippen LogP contribution in [0.15, 0.2) is 30.3 Å². The molecular formula is C12H12Br2O2. The third kappa shape index (κ3) is 4.49. The summed E-state index contributed by atoms with van der Waals surface area (Å²) in [5.74, 6) is -0.314. The maximum absolute atomic E-state index is 11.1. The van der Waals surface area contributed by atoms with E-state index in [-0.39, 0.29) is 9.71 Å². The summed E-state index contributed by atoms with van der Waals surface area (Å²) in [7, 11) is 0. The molecule has 0 heterocycles. The van der Waals surface area contributed by atoms with E-state index in [2.05, 4.69) is 31.9 Å². The van der Waals surface area contributed by atoms with Crippen LogP contribution in [0, 0.1) is 0 Å². The first kappa shape index (κ1) is 13.5. The predicted octanol–water partition coefficient (Wildman–Crippen LogP) is 4.05. The van der Waals surface area contributed by atoms with Crippen LogP contribution < -0.4 is 0 Å². The molecule has 0 fully saturated rings. The predicted molar refractivity (Wildman–Crippen MR) is 72.7 cm³/mol. The SMILES string of the molecule is CCOC(=O)C=Cc1ccc(C(Br)Br)cc1. The van der Waals surface area contributed by atoms with Gasteiger partial charge in [0.15, 0.2) is 0 Å². The van der Waals surface area contributed by atoms with E-state index in [0.29, 0.717) is 6.61 Å². The van der Waals surface area contributed by atoms with Crippen LogP contribution in [0.25, 0.3) is 6.08 Å². The van der Waals surface area contributed by atoms with Crippen LogP contribution in [0.1, 0.15) is 21.8 Å². The fourth-order valence-electron chi connectivity index (χ4n) is 1.11. The maximum Gasteiger partial charge on any atom is 0.330 e. The van der Waals surface area contributed by atoms with Gasteiger partial charge in [-0.3, -0.25) is 0 Å². The second-order valence-corrected chi connectivity index (χ2v) is 6.11. The molecule has 0 unspecified atom stereocenters. The molecule has 1 aromatic rings. The normalized spacial score (nSPS) is 11.0. The van der Waals surface area contributed by atoms with Crippen LogP contribution in [-0.2, 0) is 9.53 Å². The number of hydrogen-bond acceptors (Lipinski definition) is 2. The number of carbonyl (C=O) groups is 1. The zero-order valence-electron chi connectivity index (χ0n) is 8.82. The molecule has 0 atom stereocenters. The molecule has 0 saturated heterocycles. The Bertz CT molecular complexity index is 369. The summed E-state index contributed by atoms with van der Waals surface area (Å²) < 4.78 is 4.94. The largest absolute Gasteiger partial charge is 0.463 e. The monoisotopic (exact) mass is 346 g/mol. The molecule has 86 valence electrons. The van der Waals surface area contributed by atoms with E-state index in [1.165, 1.54) is 6.08 Å². The Hall–Kier alpha value is -0.610. The first-order valence-electron chi connectivity index (χ1n) is 4.86. The summed E-state index contributed by atoms with van der Waals surface area (Å²) in [6.07, 6.45) is 3.16. The Kier molecular flexibility index (Phi) is 5.77. The molecule has 0 aliphatic heterocycles. The molecule has 0 bridgehead atoms. The van der Waals surface area contributed by atoms with Gasteiger partial charge in [0.2, 0.25) is 0 Å². The molecule has 0 aliphatic carbocycles. The first-order chi connectivity index (χ1) is 7.63. The molecule has 0 aliphatic rings. The van der Waals surface area contributed by atoms with Gasteiger partial charge in [0.25, 0.3) is 0 Å². The Morgan fingerprint density at radius 3 is 2.50 bits per heavy atom. The highest BCUT2D eigenvalue weighted by molar-refractivity contribution is 9.24. The standard InChI is InChI=1S/C12H12Br2O2/c1-2-16-11(15)8-5-9-3-6-10(7-4-9)12(13)14/h3-8,12H,2H2,1H3. The smallest absolute Gasteiger partial charge is 0.330 e. The van der Waals surface area contributed by atoms with Gasteiger partial charge in [0, 0.05) is 6.08 Å². The molecule has 4 heteroatoms. The van der Waals surface area contributed by atoms with Crippen molar-refractivity contribution < 1.29 is 9.53 Å². The van der Waals surface area contributed by atoms with Gasteiger partial charge >= 0.3 is 5.97 Å². The van der Waals surface area contributed by atoms with Crippen molar-refractivity contribution in [2.45, 2.75) is 10.7 Å². The van der Waals surface area contributed by atoms with Gasteiger partial charge in [-0.1, -0.05) is 56.1 Å². The summed E-state index contributed by atoms with van der Waals surface area (Å²) in [6, 6.07) is 7.86. The number of hydrogen-bond donors (Lipinski definition) is 0. The minimum atomic E-state index is -0.314. The average Bonchev–Trinajstić information content (AvgIpc) is 2.27. The average molecular weight is 348 g/mol. The lowest BCUT2D eigenvalue weighted by Gasteiger charge is -2.01. The van der Waals surface area contributed by atoms with Crippen molar-refractivity contribution in [3.05, 3.63) is 41.5 Å². The van der Waals surface area contributed by atoms with Gasteiger partial charge < -0.3 is 4.74 Å². The van der Waals surface area contributed by atoms with Crippen LogP contribution >= 0.6 is 31.9 Å².